The third-order valence-corrected chi connectivity index (χ3v) is 5.24. The fourth-order valence-corrected chi connectivity index (χ4v) is 3.42. The van der Waals surface area contributed by atoms with Crippen molar-refractivity contribution >= 4 is 11.8 Å². The van der Waals surface area contributed by atoms with Gasteiger partial charge in [0.2, 0.25) is 11.8 Å². The number of amides is 2. The number of likely N-dealkylation sites (tertiary alicyclic amines) is 1. The van der Waals surface area contributed by atoms with Gasteiger partial charge in [-0.1, -0.05) is 0 Å². The van der Waals surface area contributed by atoms with Gasteiger partial charge >= 0.3 is 0 Å². The van der Waals surface area contributed by atoms with E-state index in [0.717, 1.165) is 24.9 Å². The summed E-state index contributed by atoms with van der Waals surface area (Å²) in [5.41, 5.74) is 0.803. The molecule has 0 aromatic heterocycles. The van der Waals surface area contributed by atoms with Crippen LogP contribution in [0.4, 0.5) is 0 Å². The summed E-state index contributed by atoms with van der Waals surface area (Å²) >= 11 is 0. The monoisotopic (exact) mass is 360 g/mol. The van der Waals surface area contributed by atoms with Crippen molar-refractivity contribution < 1.29 is 19.1 Å². The first-order valence-corrected chi connectivity index (χ1v) is 9.37. The number of hydrogen-bond acceptors (Lipinski definition) is 4. The maximum atomic E-state index is 12.8. The lowest BCUT2D eigenvalue weighted by atomic mass is 9.96. The molecule has 1 unspecified atom stereocenters. The van der Waals surface area contributed by atoms with Crippen molar-refractivity contribution in [2.45, 2.75) is 32.1 Å². The molecule has 2 aliphatic rings. The zero-order chi connectivity index (χ0) is 18.5. The smallest absolute Gasteiger partial charge is 0.227 e. The average molecular weight is 360 g/mol. The molecular weight excluding hydrogens is 332 g/mol. The summed E-state index contributed by atoms with van der Waals surface area (Å²) in [6.45, 7) is 1.99. The summed E-state index contributed by atoms with van der Waals surface area (Å²) in [4.78, 5) is 26.9. The van der Waals surface area contributed by atoms with Gasteiger partial charge in [-0.3, -0.25) is 9.59 Å². The highest BCUT2D eigenvalue weighted by Gasteiger charge is 2.30. The van der Waals surface area contributed by atoms with E-state index in [1.165, 1.54) is 12.8 Å². The number of rotatable bonds is 7. The molecule has 1 aliphatic heterocycles. The van der Waals surface area contributed by atoms with E-state index in [2.05, 4.69) is 5.32 Å². The molecule has 1 N–H and O–H groups in total. The van der Waals surface area contributed by atoms with E-state index in [1.807, 2.05) is 23.1 Å². The Bertz CT molecular complexity index is 657. The lowest BCUT2D eigenvalue weighted by Gasteiger charge is -2.32. The van der Waals surface area contributed by atoms with Crippen LogP contribution in [0.2, 0.25) is 0 Å². The fraction of sp³-hybridized carbons (Fsp3) is 0.600. The Kier molecular flexibility index (Phi) is 6.01. The van der Waals surface area contributed by atoms with Crippen LogP contribution in [0.5, 0.6) is 11.5 Å². The number of carbonyl (C=O) groups excluding carboxylic acids is 2. The lowest BCUT2D eigenvalue weighted by molar-refractivity contribution is -0.135. The van der Waals surface area contributed by atoms with Gasteiger partial charge in [-0.15, -0.1) is 0 Å². The Morgan fingerprint density at radius 1 is 1.19 bits per heavy atom. The molecule has 142 valence electrons. The third kappa shape index (κ3) is 4.68. The number of hydrogen-bond donors (Lipinski definition) is 1. The second-order valence-electron chi connectivity index (χ2n) is 7.22. The largest absolute Gasteiger partial charge is 0.497 e. The summed E-state index contributed by atoms with van der Waals surface area (Å²) < 4.78 is 10.6. The van der Waals surface area contributed by atoms with Crippen molar-refractivity contribution in [2.24, 2.45) is 11.8 Å². The van der Waals surface area contributed by atoms with Crippen molar-refractivity contribution in [3.8, 4) is 11.5 Å². The highest BCUT2D eigenvalue weighted by atomic mass is 16.5. The summed E-state index contributed by atoms with van der Waals surface area (Å²) in [5, 5.41) is 3.04. The van der Waals surface area contributed by atoms with Gasteiger partial charge in [-0.2, -0.15) is 0 Å². The molecule has 1 aromatic rings. The van der Waals surface area contributed by atoms with Crippen molar-refractivity contribution in [3.05, 3.63) is 23.8 Å². The molecule has 6 heteroatoms. The van der Waals surface area contributed by atoms with E-state index < -0.39 is 0 Å². The molecule has 1 heterocycles. The predicted molar refractivity (Wildman–Crippen MR) is 98.3 cm³/mol. The molecule has 1 aromatic carbocycles. The highest BCUT2D eigenvalue weighted by Crippen LogP contribution is 2.28. The first kappa shape index (κ1) is 18.5. The zero-order valence-electron chi connectivity index (χ0n) is 15.6. The number of piperidine rings is 1. The Balaban J connectivity index is 1.59. The van der Waals surface area contributed by atoms with Gasteiger partial charge < -0.3 is 19.7 Å². The normalized spacial score (nSPS) is 19.8. The lowest BCUT2D eigenvalue weighted by Crippen LogP contribution is -2.46. The van der Waals surface area contributed by atoms with Crippen molar-refractivity contribution in [2.75, 3.05) is 33.9 Å². The number of benzene rings is 1. The molecule has 1 saturated heterocycles. The van der Waals surface area contributed by atoms with Crippen LogP contribution in [0.3, 0.4) is 0 Å². The quantitative estimate of drug-likeness (QED) is 0.808. The van der Waals surface area contributed by atoms with Gasteiger partial charge in [0.1, 0.15) is 11.5 Å². The molecule has 2 fully saturated rings. The Labute approximate surface area is 154 Å². The van der Waals surface area contributed by atoms with Gasteiger partial charge in [-0.05, 0) is 49.8 Å². The Morgan fingerprint density at radius 2 is 2.00 bits per heavy atom. The number of ether oxygens (including phenoxy) is 2. The van der Waals surface area contributed by atoms with Crippen LogP contribution in [0.1, 0.15) is 31.2 Å². The molecular formula is C20H28N2O4. The van der Waals surface area contributed by atoms with Crippen LogP contribution >= 0.6 is 0 Å². The van der Waals surface area contributed by atoms with Gasteiger partial charge in [0.05, 0.1) is 26.6 Å². The summed E-state index contributed by atoms with van der Waals surface area (Å²) in [6, 6.07) is 5.46. The van der Waals surface area contributed by atoms with Gasteiger partial charge in [0.25, 0.3) is 0 Å². The van der Waals surface area contributed by atoms with E-state index in [4.69, 9.17) is 9.47 Å². The van der Waals surface area contributed by atoms with E-state index in [9.17, 15) is 9.59 Å². The predicted octanol–water partition coefficient (Wildman–Crippen LogP) is 2.01. The highest BCUT2D eigenvalue weighted by molar-refractivity contribution is 5.82. The van der Waals surface area contributed by atoms with Crippen LogP contribution in [0, 0.1) is 11.8 Å². The maximum Gasteiger partial charge on any atom is 0.227 e. The van der Waals surface area contributed by atoms with Crippen LogP contribution in [0.25, 0.3) is 0 Å². The number of carbonyl (C=O) groups is 2. The molecule has 0 bridgehead atoms. The van der Waals surface area contributed by atoms with Crippen molar-refractivity contribution in [1.82, 2.24) is 10.2 Å². The molecule has 1 saturated carbocycles. The second-order valence-corrected chi connectivity index (χ2v) is 7.22. The van der Waals surface area contributed by atoms with Crippen LogP contribution in [-0.2, 0) is 16.0 Å². The van der Waals surface area contributed by atoms with Crippen LogP contribution in [-0.4, -0.2) is 50.6 Å². The molecule has 0 radical (unpaired) electrons. The average Bonchev–Trinajstić information content (AvgIpc) is 3.50. The van der Waals surface area contributed by atoms with E-state index >= 15 is 0 Å². The SMILES string of the molecule is COc1ccc(OC)c(CC(=O)N2CCCC(C(=O)NCC3CC3)C2)c1. The van der Waals surface area contributed by atoms with Crippen LogP contribution in [0.15, 0.2) is 18.2 Å². The number of nitrogens with zero attached hydrogens (tertiary/aromatic N) is 1. The third-order valence-electron chi connectivity index (χ3n) is 5.24. The minimum atomic E-state index is -0.0985. The van der Waals surface area contributed by atoms with Gasteiger partial charge in [0.15, 0.2) is 0 Å². The summed E-state index contributed by atoms with van der Waals surface area (Å²) in [5.74, 6) is 2.06. The topological polar surface area (TPSA) is 67.9 Å². The molecule has 1 aliphatic carbocycles. The Morgan fingerprint density at radius 3 is 2.69 bits per heavy atom. The van der Waals surface area contributed by atoms with E-state index in [0.29, 0.717) is 30.5 Å². The molecule has 1 atom stereocenters. The van der Waals surface area contributed by atoms with Crippen molar-refractivity contribution in [1.29, 1.82) is 0 Å². The number of methoxy groups -OCH3 is 2. The molecule has 0 spiro atoms. The molecule has 6 nitrogen and oxygen atoms in total. The first-order valence-electron chi connectivity index (χ1n) is 9.37. The second kappa shape index (κ2) is 8.43. The first-order chi connectivity index (χ1) is 12.6. The summed E-state index contributed by atoms with van der Waals surface area (Å²) in [7, 11) is 3.19. The van der Waals surface area contributed by atoms with E-state index in [-0.39, 0.29) is 24.2 Å². The zero-order valence-corrected chi connectivity index (χ0v) is 15.6. The number of nitrogens with one attached hydrogen (secondary N) is 1. The van der Waals surface area contributed by atoms with Crippen LogP contribution < -0.4 is 14.8 Å². The fourth-order valence-electron chi connectivity index (χ4n) is 3.42. The van der Waals surface area contributed by atoms with Gasteiger partial charge in [-0.25, -0.2) is 0 Å². The standard InChI is InChI=1S/C20H28N2O4/c1-25-17-7-8-18(26-2)16(10-17)11-19(23)22-9-3-4-15(13-22)20(24)21-12-14-5-6-14/h7-8,10,14-15H,3-6,9,11-13H2,1-2H3,(H,21,24). The molecule has 2 amide bonds. The minimum absolute atomic E-state index is 0.0243. The molecule has 3 rings (SSSR count). The minimum Gasteiger partial charge on any atom is -0.497 e. The van der Waals surface area contributed by atoms with E-state index in [1.54, 1.807) is 14.2 Å². The summed E-state index contributed by atoms with van der Waals surface area (Å²) in [6.07, 6.45) is 4.40. The Hall–Kier alpha value is -2.24. The van der Waals surface area contributed by atoms with Gasteiger partial charge in [0, 0.05) is 25.2 Å². The molecule has 26 heavy (non-hydrogen) atoms. The maximum absolute atomic E-state index is 12.8. The van der Waals surface area contributed by atoms with Crippen molar-refractivity contribution in [3.63, 3.8) is 0 Å².